The van der Waals surface area contributed by atoms with E-state index in [0.29, 0.717) is 5.41 Å². The molecule has 0 aromatic heterocycles. The van der Waals surface area contributed by atoms with Crippen LogP contribution in [0.3, 0.4) is 0 Å². The fourth-order valence-corrected chi connectivity index (χ4v) is 1.90. The molecule has 0 aliphatic carbocycles. The van der Waals surface area contributed by atoms with Gasteiger partial charge in [0.15, 0.2) is 0 Å². The Bertz CT molecular complexity index is 157. The lowest BCUT2D eigenvalue weighted by Crippen LogP contribution is -2.15. The summed E-state index contributed by atoms with van der Waals surface area (Å²) in [6.45, 7) is 6.69. The number of nitrogens with zero attached hydrogens (tertiary/aromatic N) is 1. The van der Waals surface area contributed by atoms with Gasteiger partial charge in [-0.15, -0.1) is 0 Å². The lowest BCUT2D eigenvalue weighted by atomic mass is 9.78. The smallest absolute Gasteiger partial charge is 0.0627 e. The third-order valence-corrected chi connectivity index (χ3v) is 2.74. The molecule has 0 N–H and O–H groups in total. The highest BCUT2D eigenvalue weighted by molar-refractivity contribution is 4.85. The van der Waals surface area contributed by atoms with E-state index in [1.54, 1.807) is 0 Å². The van der Waals surface area contributed by atoms with Crippen LogP contribution >= 0.6 is 0 Å². The van der Waals surface area contributed by atoms with Gasteiger partial charge in [0.25, 0.3) is 0 Å². The van der Waals surface area contributed by atoms with Gasteiger partial charge in [0.2, 0.25) is 0 Å². The topological polar surface area (TPSA) is 23.8 Å². The van der Waals surface area contributed by atoms with E-state index < -0.39 is 0 Å². The number of unbranched alkanes of at least 4 members (excludes halogenated alkanes) is 2. The molecule has 1 atom stereocenters. The summed E-state index contributed by atoms with van der Waals surface area (Å²) in [6, 6.07) is 2.32. The maximum absolute atomic E-state index is 8.74. The molecular formula is C12H23N. The largest absolute Gasteiger partial charge is 0.198 e. The first-order valence-corrected chi connectivity index (χ1v) is 5.55. The number of hydrogen-bond acceptors (Lipinski definition) is 1. The Balaban J connectivity index is 3.85. The Morgan fingerprint density at radius 1 is 1.08 bits per heavy atom. The molecule has 0 fully saturated rings. The van der Waals surface area contributed by atoms with E-state index in [1.165, 1.54) is 38.5 Å². The zero-order valence-corrected chi connectivity index (χ0v) is 9.40. The third-order valence-electron chi connectivity index (χ3n) is 2.74. The quantitative estimate of drug-likeness (QED) is 0.537. The second kappa shape index (κ2) is 6.95. The van der Waals surface area contributed by atoms with Gasteiger partial charge in [-0.2, -0.15) is 5.26 Å². The van der Waals surface area contributed by atoms with E-state index in [4.69, 9.17) is 5.26 Å². The van der Waals surface area contributed by atoms with Crippen LogP contribution < -0.4 is 0 Å². The Morgan fingerprint density at radius 3 is 2.23 bits per heavy atom. The minimum Gasteiger partial charge on any atom is -0.198 e. The lowest BCUT2D eigenvalue weighted by molar-refractivity contribution is 0.265. The van der Waals surface area contributed by atoms with Crippen LogP contribution in [0.15, 0.2) is 0 Å². The fourth-order valence-electron chi connectivity index (χ4n) is 1.90. The molecule has 76 valence electrons. The summed E-state index contributed by atoms with van der Waals surface area (Å²) in [5, 5.41) is 8.74. The second-order valence-corrected chi connectivity index (χ2v) is 4.35. The fraction of sp³-hybridized carbons (Fsp3) is 0.917. The van der Waals surface area contributed by atoms with E-state index in [1.807, 2.05) is 0 Å². The molecular weight excluding hydrogens is 158 g/mol. The lowest BCUT2D eigenvalue weighted by Gasteiger charge is -2.26. The zero-order chi connectivity index (χ0) is 10.2. The molecule has 1 unspecified atom stereocenters. The third kappa shape index (κ3) is 5.69. The molecule has 0 rings (SSSR count). The van der Waals surface area contributed by atoms with Crippen molar-refractivity contribution in [2.45, 2.75) is 65.7 Å². The average molecular weight is 181 g/mol. The Hall–Kier alpha value is -0.510. The maximum atomic E-state index is 8.74. The number of hydrogen-bond donors (Lipinski definition) is 0. The molecule has 0 amide bonds. The highest BCUT2D eigenvalue weighted by Gasteiger charge is 2.21. The van der Waals surface area contributed by atoms with Crippen molar-refractivity contribution in [3.8, 4) is 6.07 Å². The summed E-state index contributed by atoms with van der Waals surface area (Å²) in [5.74, 6) is 0. The summed E-state index contributed by atoms with van der Waals surface area (Å²) in [6.07, 6.45) is 8.22. The highest BCUT2D eigenvalue weighted by Crippen LogP contribution is 2.33. The van der Waals surface area contributed by atoms with Gasteiger partial charge < -0.3 is 0 Å². The molecule has 13 heavy (non-hydrogen) atoms. The molecule has 0 saturated heterocycles. The van der Waals surface area contributed by atoms with Crippen molar-refractivity contribution in [1.82, 2.24) is 0 Å². The predicted molar refractivity (Wildman–Crippen MR) is 57.4 cm³/mol. The van der Waals surface area contributed by atoms with E-state index >= 15 is 0 Å². The minimum absolute atomic E-state index is 0.290. The SMILES string of the molecule is CCCCCC(C)(CC#N)CCC. The Kier molecular flexibility index (Phi) is 6.68. The molecule has 0 spiro atoms. The van der Waals surface area contributed by atoms with Crippen LogP contribution in [-0.2, 0) is 0 Å². The van der Waals surface area contributed by atoms with Crippen molar-refractivity contribution in [1.29, 1.82) is 5.26 Å². The first-order valence-electron chi connectivity index (χ1n) is 5.55. The monoisotopic (exact) mass is 181 g/mol. The summed E-state index contributed by atoms with van der Waals surface area (Å²) in [5.41, 5.74) is 0.290. The normalized spacial score (nSPS) is 14.9. The van der Waals surface area contributed by atoms with E-state index in [2.05, 4.69) is 26.8 Å². The molecule has 0 radical (unpaired) electrons. The molecule has 0 aromatic rings. The van der Waals surface area contributed by atoms with Crippen LogP contribution in [0.25, 0.3) is 0 Å². The van der Waals surface area contributed by atoms with Gasteiger partial charge in [-0.3, -0.25) is 0 Å². The first kappa shape index (κ1) is 12.5. The molecule has 0 aliphatic rings. The summed E-state index contributed by atoms with van der Waals surface area (Å²) < 4.78 is 0. The maximum Gasteiger partial charge on any atom is 0.0627 e. The van der Waals surface area contributed by atoms with Crippen LogP contribution in [0.5, 0.6) is 0 Å². The minimum atomic E-state index is 0.290. The van der Waals surface area contributed by atoms with Gasteiger partial charge in [-0.05, 0) is 18.3 Å². The number of rotatable bonds is 7. The van der Waals surface area contributed by atoms with Crippen LogP contribution in [0.4, 0.5) is 0 Å². The molecule has 0 bridgehead atoms. The molecule has 0 aliphatic heterocycles. The Labute approximate surface area is 83.1 Å². The van der Waals surface area contributed by atoms with E-state index in [-0.39, 0.29) is 0 Å². The molecule has 1 heteroatoms. The average Bonchev–Trinajstić information content (AvgIpc) is 2.05. The molecule has 0 saturated carbocycles. The van der Waals surface area contributed by atoms with Crippen LogP contribution in [0, 0.1) is 16.7 Å². The molecule has 0 aromatic carbocycles. The first-order chi connectivity index (χ1) is 6.18. The van der Waals surface area contributed by atoms with E-state index in [9.17, 15) is 0 Å². The second-order valence-electron chi connectivity index (χ2n) is 4.35. The summed E-state index contributed by atoms with van der Waals surface area (Å²) in [7, 11) is 0. The van der Waals surface area contributed by atoms with Gasteiger partial charge >= 0.3 is 0 Å². The van der Waals surface area contributed by atoms with Crippen LogP contribution in [0.2, 0.25) is 0 Å². The highest BCUT2D eigenvalue weighted by atomic mass is 14.3. The van der Waals surface area contributed by atoms with Gasteiger partial charge in [0, 0.05) is 6.42 Å². The molecule has 0 heterocycles. The predicted octanol–water partition coefficient (Wildman–Crippen LogP) is 4.29. The summed E-state index contributed by atoms with van der Waals surface area (Å²) in [4.78, 5) is 0. The van der Waals surface area contributed by atoms with Gasteiger partial charge in [0.05, 0.1) is 6.07 Å². The van der Waals surface area contributed by atoms with Crippen molar-refractivity contribution in [3.05, 3.63) is 0 Å². The Morgan fingerprint density at radius 2 is 1.77 bits per heavy atom. The molecule has 1 nitrogen and oxygen atoms in total. The van der Waals surface area contributed by atoms with Gasteiger partial charge in [-0.25, -0.2) is 0 Å². The van der Waals surface area contributed by atoms with Crippen molar-refractivity contribution in [3.63, 3.8) is 0 Å². The van der Waals surface area contributed by atoms with Crippen LogP contribution in [0.1, 0.15) is 65.7 Å². The zero-order valence-electron chi connectivity index (χ0n) is 9.40. The van der Waals surface area contributed by atoms with Gasteiger partial charge in [0.1, 0.15) is 0 Å². The number of nitriles is 1. The van der Waals surface area contributed by atoms with Crippen molar-refractivity contribution in [2.24, 2.45) is 5.41 Å². The van der Waals surface area contributed by atoms with E-state index in [0.717, 1.165) is 6.42 Å². The summed E-state index contributed by atoms with van der Waals surface area (Å²) >= 11 is 0. The van der Waals surface area contributed by atoms with Crippen LogP contribution in [-0.4, -0.2) is 0 Å². The van der Waals surface area contributed by atoms with Crippen molar-refractivity contribution >= 4 is 0 Å². The van der Waals surface area contributed by atoms with Crippen molar-refractivity contribution in [2.75, 3.05) is 0 Å². The standard InChI is InChI=1S/C12H23N/c1-4-6-7-9-12(3,8-5-2)10-11-13/h4-10H2,1-3H3. The van der Waals surface area contributed by atoms with Gasteiger partial charge in [-0.1, -0.05) is 46.5 Å². The van der Waals surface area contributed by atoms with Crippen molar-refractivity contribution < 1.29 is 0 Å².